The van der Waals surface area contributed by atoms with Gasteiger partial charge in [-0.05, 0) is 37.3 Å². The van der Waals surface area contributed by atoms with Crippen LogP contribution in [-0.4, -0.2) is 31.4 Å². The lowest BCUT2D eigenvalue weighted by Crippen LogP contribution is -2.29. The third-order valence-electron chi connectivity index (χ3n) is 4.01. The highest BCUT2D eigenvalue weighted by Gasteiger charge is 2.15. The Labute approximate surface area is 156 Å². The zero-order valence-corrected chi connectivity index (χ0v) is 15.4. The maximum Gasteiger partial charge on any atom is 0.278 e. The minimum atomic E-state index is -3.59. The summed E-state index contributed by atoms with van der Waals surface area (Å²) in [6.07, 6.45) is 1.55. The zero-order valence-electron chi connectivity index (χ0n) is 14.5. The van der Waals surface area contributed by atoms with E-state index in [4.69, 9.17) is 0 Å². The van der Waals surface area contributed by atoms with Gasteiger partial charge in [0.15, 0.2) is 0 Å². The standard InChI is InChI=1S/C18H18N4O4S/c1-13-4-6-14(7-5-13)27(25,26)21-12-11-19-16-8-9-17(22(23)24)15-3-2-10-20-18(15)16/h2-10,19,21H,11-12H2,1H3. The monoisotopic (exact) mass is 386 g/mol. The zero-order chi connectivity index (χ0) is 19.4. The van der Waals surface area contributed by atoms with Crippen molar-refractivity contribution in [3.05, 3.63) is 70.4 Å². The number of sulfonamides is 1. The lowest BCUT2D eigenvalue weighted by atomic mass is 10.1. The van der Waals surface area contributed by atoms with Crippen molar-refractivity contribution >= 4 is 32.3 Å². The maximum atomic E-state index is 12.3. The van der Waals surface area contributed by atoms with Gasteiger partial charge in [0.05, 0.1) is 20.9 Å². The average Bonchev–Trinajstić information content (AvgIpc) is 2.65. The van der Waals surface area contributed by atoms with Crippen LogP contribution in [0.4, 0.5) is 11.4 Å². The van der Waals surface area contributed by atoms with Crippen LogP contribution in [0.5, 0.6) is 0 Å². The first kappa shape index (κ1) is 18.7. The Morgan fingerprint density at radius 1 is 1.07 bits per heavy atom. The van der Waals surface area contributed by atoms with Gasteiger partial charge in [0.25, 0.3) is 5.69 Å². The molecule has 0 bridgehead atoms. The molecule has 0 unspecified atom stereocenters. The van der Waals surface area contributed by atoms with Gasteiger partial charge in [-0.2, -0.15) is 0 Å². The maximum absolute atomic E-state index is 12.3. The quantitative estimate of drug-likeness (QED) is 0.367. The van der Waals surface area contributed by atoms with E-state index in [-0.39, 0.29) is 17.1 Å². The molecule has 3 rings (SSSR count). The molecule has 3 aromatic rings. The summed E-state index contributed by atoms with van der Waals surface area (Å²) in [6, 6.07) is 12.8. The first-order valence-corrected chi connectivity index (χ1v) is 9.69. The second kappa shape index (κ2) is 7.68. The summed E-state index contributed by atoms with van der Waals surface area (Å²) in [5.41, 5.74) is 2.02. The Balaban J connectivity index is 1.68. The molecule has 2 aromatic carbocycles. The van der Waals surface area contributed by atoms with Gasteiger partial charge in [0.2, 0.25) is 10.0 Å². The summed E-state index contributed by atoms with van der Waals surface area (Å²) in [7, 11) is -3.59. The molecule has 1 heterocycles. The second-order valence-electron chi connectivity index (χ2n) is 5.93. The van der Waals surface area contributed by atoms with Crippen molar-refractivity contribution in [3.8, 4) is 0 Å². The van der Waals surface area contributed by atoms with Crippen LogP contribution in [0.1, 0.15) is 5.56 Å². The van der Waals surface area contributed by atoms with Gasteiger partial charge >= 0.3 is 0 Å². The molecule has 9 heteroatoms. The summed E-state index contributed by atoms with van der Waals surface area (Å²) in [5, 5.41) is 14.6. The number of anilines is 1. The number of pyridine rings is 1. The van der Waals surface area contributed by atoms with E-state index in [0.29, 0.717) is 23.1 Å². The normalized spacial score (nSPS) is 11.4. The Kier molecular flexibility index (Phi) is 5.33. The molecular formula is C18H18N4O4S. The molecule has 0 saturated heterocycles. The molecule has 27 heavy (non-hydrogen) atoms. The van der Waals surface area contributed by atoms with Crippen molar-refractivity contribution < 1.29 is 13.3 Å². The van der Waals surface area contributed by atoms with Crippen LogP contribution < -0.4 is 10.0 Å². The molecule has 0 aliphatic heterocycles. The first-order valence-electron chi connectivity index (χ1n) is 8.21. The molecule has 0 spiro atoms. The fourth-order valence-electron chi connectivity index (χ4n) is 2.64. The molecule has 140 valence electrons. The van der Waals surface area contributed by atoms with Gasteiger partial charge in [-0.15, -0.1) is 0 Å². The summed E-state index contributed by atoms with van der Waals surface area (Å²) in [4.78, 5) is 15.1. The molecule has 0 atom stereocenters. The number of nitrogens with zero attached hydrogens (tertiary/aromatic N) is 2. The lowest BCUT2D eigenvalue weighted by Gasteiger charge is -2.11. The van der Waals surface area contributed by atoms with E-state index >= 15 is 0 Å². The summed E-state index contributed by atoms with van der Waals surface area (Å²) >= 11 is 0. The third kappa shape index (κ3) is 4.21. The van der Waals surface area contributed by atoms with Crippen molar-refractivity contribution in [1.82, 2.24) is 9.71 Å². The van der Waals surface area contributed by atoms with Crippen molar-refractivity contribution in [2.24, 2.45) is 0 Å². The van der Waals surface area contributed by atoms with Gasteiger partial charge in [-0.3, -0.25) is 15.1 Å². The van der Waals surface area contributed by atoms with E-state index in [1.807, 2.05) is 6.92 Å². The van der Waals surface area contributed by atoms with Gasteiger partial charge in [0.1, 0.15) is 5.52 Å². The number of nitro benzene ring substituents is 1. The molecule has 0 radical (unpaired) electrons. The highest BCUT2D eigenvalue weighted by molar-refractivity contribution is 7.89. The van der Waals surface area contributed by atoms with Crippen molar-refractivity contribution in [1.29, 1.82) is 0 Å². The van der Waals surface area contributed by atoms with E-state index in [2.05, 4.69) is 15.0 Å². The molecule has 0 aliphatic carbocycles. The summed E-state index contributed by atoms with van der Waals surface area (Å²) < 4.78 is 27.0. The summed E-state index contributed by atoms with van der Waals surface area (Å²) in [5.74, 6) is 0. The Bertz CT molecular complexity index is 1080. The van der Waals surface area contributed by atoms with E-state index in [0.717, 1.165) is 5.56 Å². The fourth-order valence-corrected chi connectivity index (χ4v) is 3.67. The van der Waals surface area contributed by atoms with Crippen LogP contribution in [0.2, 0.25) is 0 Å². The Hall–Kier alpha value is -3.04. The van der Waals surface area contributed by atoms with E-state index < -0.39 is 14.9 Å². The topological polar surface area (TPSA) is 114 Å². The smallest absolute Gasteiger partial charge is 0.278 e. The van der Waals surface area contributed by atoms with Crippen LogP contribution in [0.3, 0.4) is 0 Å². The second-order valence-corrected chi connectivity index (χ2v) is 7.69. The number of aryl methyl sites for hydroxylation is 1. The molecule has 2 N–H and O–H groups in total. The lowest BCUT2D eigenvalue weighted by molar-refractivity contribution is -0.383. The van der Waals surface area contributed by atoms with E-state index in [9.17, 15) is 18.5 Å². The first-order chi connectivity index (χ1) is 12.9. The Morgan fingerprint density at radius 3 is 2.52 bits per heavy atom. The van der Waals surface area contributed by atoms with Gasteiger partial charge in [-0.1, -0.05) is 17.7 Å². The van der Waals surface area contributed by atoms with Gasteiger partial charge in [-0.25, -0.2) is 13.1 Å². The fraction of sp³-hybridized carbons (Fsp3) is 0.167. The largest absolute Gasteiger partial charge is 0.382 e. The number of fused-ring (bicyclic) bond motifs is 1. The molecule has 8 nitrogen and oxygen atoms in total. The van der Waals surface area contributed by atoms with Crippen molar-refractivity contribution in [3.63, 3.8) is 0 Å². The predicted octanol–water partition coefficient (Wildman–Crippen LogP) is 2.84. The molecule has 0 fully saturated rings. The van der Waals surface area contributed by atoms with Crippen LogP contribution in [0.15, 0.2) is 59.6 Å². The number of hydrogen-bond acceptors (Lipinski definition) is 6. The van der Waals surface area contributed by atoms with Crippen LogP contribution in [0.25, 0.3) is 10.9 Å². The number of nitrogens with one attached hydrogen (secondary N) is 2. The molecule has 0 amide bonds. The van der Waals surface area contributed by atoms with Crippen molar-refractivity contribution in [2.45, 2.75) is 11.8 Å². The van der Waals surface area contributed by atoms with E-state index in [1.54, 1.807) is 48.7 Å². The van der Waals surface area contributed by atoms with Gasteiger partial charge in [0, 0.05) is 25.4 Å². The number of nitro groups is 1. The number of benzene rings is 2. The number of non-ortho nitro benzene ring substituents is 1. The number of hydrogen-bond donors (Lipinski definition) is 2. The number of aromatic nitrogens is 1. The van der Waals surface area contributed by atoms with Crippen LogP contribution >= 0.6 is 0 Å². The van der Waals surface area contributed by atoms with Gasteiger partial charge < -0.3 is 5.32 Å². The summed E-state index contributed by atoms with van der Waals surface area (Å²) in [6.45, 7) is 2.34. The van der Waals surface area contributed by atoms with Crippen LogP contribution in [-0.2, 0) is 10.0 Å². The van der Waals surface area contributed by atoms with E-state index in [1.165, 1.54) is 6.07 Å². The molecular weight excluding hydrogens is 368 g/mol. The third-order valence-corrected chi connectivity index (χ3v) is 5.48. The Morgan fingerprint density at radius 2 is 1.81 bits per heavy atom. The van der Waals surface area contributed by atoms with Crippen molar-refractivity contribution in [2.75, 3.05) is 18.4 Å². The minimum Gasteiger partial charge on any atom is -0.382 e. The molecule has 1 aromatic heterocycles. The average molecular weight is 386 g/mol. The minimum absolute atomic E-state index is 0.0243. The SMILES string of the molecule is Cc1ccc(S(=O)(=O)NCCNc2ccc([N+](=O)[O-])c3cccnc23)cc1. The highest BCUT2D eigenvalue weighted by Crippen LogP contribution is 2.29. The van der Waals surface area contributed by atoms with Crippen LogP contribution in [0, 0.1) is 17.0 Å². The number of rotatable bonds is 7. The molecule has 0 aliphatic rings. The molecule has 0 saturated carbocycles. The predicted molar refractivity (Wildman–Crippen MR) is 103 cm³/mol. The highest BCUT2D eigenvalue weighted by atomic mass is 32.2.